The van der Waals surface area contributed by atoms with Gasteiger partial charge in [-0.25, -0.2) is 9.18 Å². The maximum absolute atomic E-state index is 12.6. The quantitative estimate of drug-likeness (QED) is 0.694. The summed E-state index contributed by atoms with van der Waals surface area (Å²) in [4.78, 5) is 32.4. The molecule has 0 radical (unpaired) electrons. The van der Waals surface area contributed by atoms with Crippen molar-refractivity contribution in [1.82, 2.24) is 5.32 Å². The fourth-order valence-electron chi connectivity index (χ4n) is 1.43. The number of rotatable bonds is 7. The molecule has 96 valence electrons. The minimum absolute atomic E-state index is 0.00456. The van der Waals surface area contributed by atoms with Gasteiger partial charge in [0.05, 0.1) is 0 Å². The molecular formula is C12H12FNO4. The number of hydrogen-bond acceptors (Lipinski definition) is 3. The van der Waals surface area contributed by atoms with Gasteiger partial charge in [-0.05, 0) is 17.7 Å². The van der Waals surface area contributed by atoms with Crippen LogP contribution in [-0.4, -0.2) is 29.3 Å². The van der Waals surface area contributed by atoms with E-state index >= 15 is 0 Å². The molecule has 1 unspecified atom stereocenters. The van der Waals surface area contributed by atoms with Gasteiger partial charge in [0.1, 0.15) is 17.6 Å². The van der Waals surface area contributed by atoms with Gasteiger partial charge in [-0.1, -0.05) is 12.1 Å². The predicted octanol–water partition coefficient (Wildman–Crippen LogP) is 0.527. The first kappa shape index (κ1) is 13.8. The van der Waals surface area contributed by atoms with Crippen LogP contribution < -0.4 is 5.32 Å². The van der Waals surface area contributed by atoms with Gasteiger partial charge >= 0.3 is 5.97 Å². The van der Waals surface area contributed by atoms with Gasteiger partial charge in [0, 0.05) is 12.8 Å². The van der Waals surface area contributed by atoms with Crippen molar-refractivity contribution >= 4 is 18.2 Å². The van der Waals surface area contributed by atoms with Gasteiger partial charge in [0.25, 0.3) is 0 Å². The third-order valence-electron chi connectivity index (χ3n) is 2.31. The van der Waals surface area contributed by atoms with Crippen LogP contribution in [0.2, 0.25) is 0 Å². The number of carbonyl (C=O) groups excluding carboxylic acids is 2. The average molecular weight is 253 g/mol. The van der Waals surface area contributed by atoms with E-state index in [-0.39, 0.29) is 25.0 Å². The molecule has 0 bridgehead atoms. The van der Waals surface area contributed by atoms with E-state index in [1.165, 1.54) is 24.3 Å². The largest absolute Gasteiger partial charge is 0.480 e. The smallest absolute Gasteiger partial charge is 0.326 e. The number of nitrogens with one attached hydrogen (secondary N) is 1. The second-order valence-corrected chi connectivity index (χ2v) is 3.72. The molecule has 1 atom stereocenters. The van der Waals surface area contributed by atoms with Gasteiger partial charge in [0.2, 0.25) is 6.41 Å². The SMILES string of the molecule is O=CNC(CC(=O)Cc1ccc(F)cc1)C(=O)O. The maximum atomic E-state index is 12.6. The zero-order valence-electron chi connectivity index (χ0n) is 9.43. The summed E-state index contributed by atoms with van der Waals surface area (Å²) in [5, 5.41) is 10.8. The fraction of sp³-hybridized carbons (Fsp3) is 0.250. The van der Waals surface area contributed by atoms with Crippen LogP contribution in [0.1, 0.15) is 12.0 Å². The Balaban J connectivity index is 2.57. The Bertz CT molecular complexity index is 444. The number of hydrogen-bond donors (Lipinski definition) is 2. The van der Waals surface area contributed by atoms with Crippen LogP contribution in [0.3, 0.4) is 0 Å². The minimum Gasteiger partial charge on any atom is -0.480 e. The van der Waals surface area contributed by atoms with E-state index in [0.717, 1.165) is 0 Å². The van der Waals surface area contributed by atoms with Gasteiger partial charge in [-0.2, -0.15) is 0 Å². The number of ketones is 1. The summed E-state index contributed by atoms with van der Waals surface area (Å²) in [6.45, 7) is 0. The Morgan fingerprint density at radius 1 is 1.33 bits per heavy atom. The molecular weight excluding hydrogens is 241 g/mol. The molecule has 6 heteroatoms. The second-order valence-electron chi connectivity index (χ2n) is 3.72. The lowest BCUT2D eigenvalue weighted by atomic mass is 10.0. The molecule has 1 aromatic rings. The van der Waals surface area contributed by atoms with E-state index in [9.17, 15) is 18.8 Å². The predicted molar refractivity (Wildman–Crippen MR) is 60.4 cm³/mol. The molecule has 1 amide bonds. The summed E-state index contributed by atoms with van der Waals surface area (Å²) in [6, 6.07) is 4.13. The molecule has 0 spiro atoms. The van der Waals surface area contributed by atoms with Crippen molar-refractivity contribution < 1.29 is 23.9 Å². The number of carbonyl (C=O) groups is 3. The summed E-state index contributed by atoms with van der Waals surface area (Å²) in [5.41, 5.74) is 0.594. The number of halogens is 1. The van der Waals surface area contributed by atoms with E-state index in [0.29, 0.717) is 5.56 Å². The average Bonchev–Trinajstić information content (AvgIpc) is 2.31. The normalized spacial score (nSPS) is 11.6. The van der Waals surface area contributed by atoms with Crippen LogP contribution in [0.25, 0.3) is 0 Å². The van der Waals surface area contributed by atoms with Crippen molar-refractivity contribution in [3.05, 3.63) is 35.6 Å². The van der Waals surface area contributed by atoms with Crippen molar-refractivity contribution in [2.75, 3.05) is 0 Å². The van der Waals surface area contributed by atoms with Crippen LogP contribution in [0, 0.1) is 5.82 Å². The molecule has 1 aromatic carbocycles. The van der Waals surface area contributed by atoms with Gasteiger partial charge in [0.15, 0.2) is 0 Å². The number of carboxylic acid groups (broad SMARTS) is 1. The number of amides is 1. The highest BCUT2D eigenvalue weighted by Gasteiger charge is 2.20. The lowest BCUT2D eigenvalue weighted by molar-refractivity contribution is -0.142. The molecule has 0 saturated carbocycles. The fourth-order valence-corrected chi connectivity index (χ4v) is 1.43. The summed E-state index contributed by atoms with van der Waals surface area (Å²) >= 11 is 0. The molecule has 2 N–H and O–H groups in total. The minimum atomic E-state index is -1.27. The first-order valence-corrected chi connectivity index (χ1v) is 5.21. The molecule has 0 aromatic heterocycles. The third kappa shape index (κ3) is 4.32. The molecule has 0 saturated heterocycles. The molecule has 0 heterocycles. The van der Waals surface area contributed by atoms with Crippen molar-refractivity contribution in [2.24, 2.45) is 0 Å². The third-order valence-corrected chi connectivity index (χ3v) is 2.31. The Kier molecular flexibility index (Phi) is 4.98. The van der Waals surface area contributed by atoms with Crippen LogP contribution in [0.5, 0.6) is 0 Å². The van der Waals surface area contributed by atoms with Crippen LogP contribution in [0.15, 0.2) is 24.3 Å². The lowest BCUT2D eigenvalue weighted by Gasteiger charge is -2.09. The first-order valence-electron chi connectivity index (χ1n) is 5.21. The Morgan fingerprint density at radius 3 is 2.44 bits per heavy atom. The van der Waals surface area contributed by atoms with E-state index in [1.54, 1.807) is 0 Å². The number of benzene rings is 1. The highest BCUT2D eigenvalue weighted by atomic mass is 19.1. The summed E-state index contributed by atoms with van der Waals surface area (Å²) in [7, 11) is 0. The highest BCUT2D eigenvalue weighted by Crippen LogP contribution is 2.06. The molecule has 5 nitrogen and oxygen atoms in total. The molecule has 18 heavy (non-hydrogen) atoms. The Morgan fingerprint density at radius 2 is 1.94 bits per heavy atom. The number of carboxylic acids is 1. The maximum Gasteiger partial charge on any atom is 0.326 e. The van der Waals surface area contributed by atoms with E-state index in [2.05, 4.69) is 0 Å². The zero-order valence-corrected chi connectivity index (χ0v) is 9.43. The van der Waals surface area contributed by atoms with Gasteiger partial charge in [-0.15, -0.1) is 0 Å². The van der Waals surface area contributed by atoms with Gasteiger partial charge in [-0.3, -0.25) is 9.59 Å². The summed E-state index contributed by atoms with van der Waals surface area (Å²) in [5.74, 6) is -2.02. The van der Waals surface area contributed by atoms with Crippen molar-refractivity contribution in [2.45, 2.75) is 18.9 Å². The number of aliphatic carboxylic acids is 1. The molecule has 0 aliphatic carbocycles. The van der Waals surface area contributed by atoms with E-state index < -0.39 is 17.8 Å². The first-order chi connectivity index (χ1) is 8.52. The molecule has 0 aliphatic rings. The van der Waals surface area contributed by atoms with E-state index in [1.807, 2.05) is 5.32 Å². The standard InChI is InChI=1S/C12H12FNO4/c13-9-3-1-8(2-4-9)5-10(16)6-11(12(17)18)14-7-15/h1-4,7,11H,5-6H2,(H,14,15)(H,17,18). The molecule has 1 rings (SSSR count). The van der Waals surface area contributed by atoms with Crippen LogP contribution >= 0.6 is 0 Å². The Hall–Kier alpha value is -2.24. The zero-order chi connectivity index (χ0) is 13.5. The van der Waals surface area contributed by atoms with Gasteiger partial charge < -0.3 is 10.4 Å². The van der Waals surface area contributed by atoms with Crippen LogP contribution in [0.4, 0.5) is 4.39 Å². The Labute approximate surface area is 103 Å². The summed E-state index contributed by atoms with van der Waals surface area (Å²) < 4.78 is 12.6. The second kappa shape index (κ2) is 6.48. The monoisotopic (exact) mass is 253 g/mol. The lowest BCUT2D eigenvalue weighted by Crippen LogP contribution is -2.37. The van der Waals surface area contributed by atoms with Crippen molar-refractivity contribution in [1.29, 1.82) is 0 Å². The van der Waals surface area contributed by atoms with E-state index in [4.69, 9.17) is 5.11 Å². The number of Topliss-reactive ketones (excluding diaryl/α,β-unsaturated/α-hetero) is 1. The highest BCUT2D eigenvalue weighted by molar-refractivity contribution is 5.88. The summed E-state index contributed by atoms with van der Waals surface area (Å²) in [6.07, 6.45) is -0.0555. The molecule has 0 aliphatic heterocycles. The van der Waals surface area contributed by atoms with Crippen molar-refractivity contribution in [3.8, 4) is 0 Å². The topological polar surface area (TPSA) is 83.5 Å². The molecule has 0 fully saturated rings. The van der Waals surface area contributed by atoms with Crippen LogP contribution in [-0.2, 0) is 20.8 Å². The van der Waals surface area contributed by atoms with Crippen molar-refractivity contribution in [3.63, 3.8) is 0 Å².